The molecule has 1 aromatic carbocycles. The molecule has 17 heavy (non-hydrogen) atoms. The lowest BCUT2D eigenvalue weighted by Gasteiger charge is -2.04. The standard InChI is InChI=1S/C14H18N2O/c1-10-8-11(2)14(15)13(9-10)6-4-5-7-16-12(3)17/h8-9H,5,7,15H2,1-3H3,(H,16,17). The molecule has 0 aliphatic rings. The molecule has 0 aliphatic heterocycles. The summed E-state index contributed by atoms with van der Waals surface area (Å²) >= 11 is 0. The number of nitrogen functional groups attached to an aromatic ring is 1. The van der Waals surface area contributed by atoms with Gasteiger partial charge < -0.3 is 11.1 Å². The van der Waals surface area contributed by atoms with E-state index in [2.05, 4.69) is 17.2 Å². The minimum Gasteiger partial charge on any atom is -0.398 e. The van der Waals surface area contributed by atoms with Crippen LogP contribution in [0.15, 0.2) is 12.1 Å². The number of nitrogens with two attached hydrogens (primary N) is 1. The average Bonchev–Trinajstić information content (AvgIpc) is 2.23. The van der Waals surface area contributed by atoms with Gasteiger partial charge in [-0.05, 0) is 31.0 Å². The Morgan fingerprint density at radius 2 is 2.12 bits per heavy atom. The third kappa shape index (κ3) is 4.20. The molecule has 0 aromatic heterocycles. The Bertz CT molecular complexity index is 481. The molecule has 1 amide bonds. The van der Waals surface area contributed by atoms with E-state index in [1.54, 1.807) is 0 Å². The lowest BCUT2D eigenvalue weighted by molar-refractivity contribution is -0.118. The summed E-state index contributed by atoms with van der Waals surface area (Å²) in [5.41, 5.74) is 9.75. The van der Waals surface area contributed by atoms with Crippen LogP contribution in [-0.4, -0.2) is 12.5 Å². The van der Waals surface area contributed by atoms with E-state index in [1.165, 1.54) is 6.92 Å². The fraction of sp³-hybridized carbons (Fsp3) is 0.357. The van der Waals surface area contributed by atoms with Gasteiger partial charge in [-0.2, -0.15) is 0 Å². The zero-order valence-electron chi connectivity index (χ0n) is 10.6. The Morgan fingerprint density at radius 1 is 1.41 bits per heavy atom. The molecular weight excluding hydrogens is 212 g/mol. The Labute approximate surface area is 102 Å². The quantitative estimate of drug-likeness (QED) is 0.462. The number of carbonyl (C=O) groups excluding carboxylic acids is 1. The molecule has 1 aromatic rings. The first-order valence-corrected chi connectivity index (χ1v) is 5.60. The Morgan fingerprint density at radius 3 is 2.76 bits per heavy atom. The van der Waals surface area contributed by atoms with E-state index >= 15 is 0 Å². The Hall–Kier alpha value is -1.95. The van der Waals surface area contributed by atoms with Crippen LogP contribution in [0.4, 0.5) is 5.69 Å². The number of benzene rings is 1. The van der Waals surface area contributed by atoms with E-state index < -0.39 is 0 Å². The van der Waals surface area contributed by atoms with Crippen molar-refractivity contribution in [1.29, 1.82) is 0 Å². The molecule has 0 aliphatic carbocycles. The summed E-state index contributed by atoms with van der Waals surface area (Å²) in [5, 5.41) is 2.70. The smallest absolute Gasteiger partial charge is 0.216 e. The third-order valence-electron chi connectivity index (χ3n) is 2.38. The number of nitrogens with one attached hydrogen (secondary N) is 1. The van der Waals surface area contributed by atoms with E-state index in [4.69, 9.17) is 5.73 Å². The topological polar surface area (TPSA) is 55.1 Å². The molecular formula is C14H18N2O. The molecule has 90 valence electrons. The van der Waals surface area contributed by atoms with E-state index in [0.717, 1.165) is 22.4 Å². The molecule has 0 spiro atoms. The molecule has 0 radical (unpaired) electrons. The van der Waals surface area contributed by atoms with Crippen LogP contribution in [0.3, 0.4) is 0 Å². The number of rotatable bonds is 2. The summed E-state index contributed by atoms with van der Waals surface area (Å²) in [6, 6.07) is 4.02. The van der Waals surface area contributed by atoms with Gasteiger partial charge in [0.1, 0.15) is 0 Å². The van der Waals surface area contributed by atoms with Crippen molar-refractivity contribution in [2.24, 2.45) is 0 Å². The lowest BCUT2D eigenvalue weighted by Crippen LogP contribution is -2.20. The summed E-state index contributed by atoms with van der Waals surface area (Å²) in [4.78, 5) is 10.6. The predicted molar refractivity (Wildman–Crippen MR) is 70.5 cm³/mol. The maximum atomic E-state index is 10.6. The average molecular weight is 230 g/mol. The maximum absolute atomic E-state index is 10.6. The summed E-state index contributed by atoms with van der Waals surface area (Å²) in [7, 11) is 0. The van der Waals surface area contributed by atoms with Gasteiger partial charge >= 0.3 is 0 Å². The van der Waals surface area contributed by atoms with Gasteiger partial charge in [-0.3, -0.25) is 4.79 Å². The minimum absolute atomic E-state index is 0.0299. The van der Waals surface area contributed by atoms with Gasteiger partial charge in [0.2, 0.25) is 5.91 Å². The highest BCUT2D eigenvalue weighted by Crippen LogP contribution is 2.18. The maximum Gasteiger partial charge on any atom is 0.216 e. The highest BCUT2D eigenvalue weighted by molar-refractivity contribution is 5.72. The van der Waals surface area contributed by atoms with Gasteiger partial charge in [0.25, 0.3) is 0 Å². The van der Waals surface area contributed by atoms with Crippen molar-refractivity contribution < 1.29 is 4.79 Å². The number of hydrogen-bond acceptors (Lipinski definition) is 2. The first kappa shape index (κ1) is 13.1. The van der Waals surface area contributed by atoms with Gasteiger partial charge in [-0.1, -0.05) is 17.9 Å². The van der Waals surface area contributed by atoms with Gasteiger partial charge in [-0.25, -0.2) is 0 Å². The zero-order valence-corrected chi connectivity index (χ0v) is 10.6. The van der Waals surface area contributed by atoms with Crippen molar-refractivity contribution in [3.05, 3.63) is 28.8 Å². The largest absolute Gasteiger partial charge is 0.398 e. The van der Waals surface area contributed by atoms with Crippen LogP contribution in [0.1, 0.15) is 30.0 Å². The van der Waals surface area contributed by atoms with E-state index in [-0.39, 0.29) is 5.91 Å². The van der Waals surface area contributed by atoms with Crippen LogP contribution in [-0.2, 0) is 4.79 Å². The molecule has 3 heteroatoms. The van der Waals surface area contributed by atoms with Crippen LogP contribution in [0.25, 0.3) is 0 Å². The van der Waals surface area contributed by atoms with Gasteiger partial charge in [0, 0.05) is 25.5 Å². The van der Waals surface area contributed by atoms with Gasteiger partial charge in [-0.15, -0.1) is 0 Å². The SMILES string of the molecule is CC(=O)NCCC#Cc1cc(C)cc(C)c1N. The second kappa shape index (κ2) is 5.95. The summed E-state index contributed by atoms with van der Waals surface area (Å²) in [6.07, 6.45) is 0.631. The number of anilines is 1. The van der Waals surface area contributed by atoms with Crippen molar-refractivity contribution in [2.75, 3.05) is 12.3 Å². The number of carbonyl (C=O) groups is 1. The van der Waals surface area contributed by atoms with E-state index in [1.807, 2.05) is 26.0 Å². The van der Waals surface area contributed by atoms with Crippen molar-refractivity contribution >= 4 is 11.6 Å². The fourth-order valence-electron chi connectivity index (χ4n) is 1.54. The summed E-state index contributed by atoms with van der Waals surface area (Å²) < 4.78 is 0. The van der Waals surface area contributed by atoms with Gasteiger partial charge in [0.15, 0.2) is 0 Å². The van der Waals surface area contributed by atoms with Crippen LogP contribution in [0.2, 0.25) is 0 Å². The highest BCUT2D eigenvalue weighted by Gasteiger charge is 2.00. The Balaban J connectivity index is 2.68. The Kier molecular flexibility index (Phi) is 4.59. The molecule has 3 N–H and O–H groups in total. The normalized spacial score (nSPS) is 9.35. The summed E-state index contributed by atoms with van der Waals surface area (Å²) in [5.74, 6) is 6.02. The molecule has 0 atom stereocenters. The summed E-state index contributed by atoms with van der Waals surface area (Å²) in [6.45, 7) is 6.07. The third-order valence-corrected chi connectivity index (χ3v) is 2.38. The van der Waals surface area contributed by atoms with Crippen molar-refractivity contribution in [2.45, 2.75) is 27.2 Å². The van der Waals surface area contributed by atoms with Crippen LogP contribution < -0.4 is 11.1 Å². The van der Waals surface area contributed by atoms with E-state index in [9.17, 15) is 4.79 Å². The van der Waals surface area contributed by atoms with E-state index in [0.29, 0.717) is 13.0 Å². The number of aryl methyl sites for hydroxylation is 2. The van der Waals surface area contributed by atoms with Gasteiger partial charge in [0.05, 0.1) is 5.69 Å². The molecule has 0 heterocycles. The number of amides is 1. The highest BCUT2D eigenvalue weighted by atomic mass is 16.1. The van der Waals surface area contributed by atoms with Crippen molar-refractivity contribution in [3.63, 3.8) is 0 Å². The minimum atomic E-state index is -0.0299. The monoisotopic (exact) mass is 230 g/mol. The lowest BCUT2D eigenvalue weighted by atomic mass is 10.0. The molecule has 1 rings (SSSR count). The number of hydrogen-bond donors (Lipinski definition) is 2. The first-order valence-electron chi connectivity index (χ1n) is 5.60. The second-order valence-corrected chi connectivity index (χ2v) is 4.08. The van der Waals surface area contributed by atoms with Crippen molar-refractivity contribution in [1.82, 2.24) is 5.32 Å². The van der Waals surface area contributed by atoms with Crippen LogP contribution in [0, 0.1) is 25.7 Å². The molecule has 0 saturated heterocycles. The molecule has 3 nitrogen and oxygen atoms in total. The second-order valence-electron chi connectivity index (χ2n) is 4.08. The molecule has 0 bridgehead atoms. The predicted octanol–water partition coefficient (Wildman–Crippen LogP) is 1.76. The van der Waals surface area contributed by atoms with Crippen LogP contribution >= 0.6 is 0 Å². The molecule has 0 unspecified atom stereocenters. The van der Waals surface area contributed by atoms with Crippen LogP contribution in [0.5, 0.6) is 0 Å². The molecule has 0 saturated carbocycles. The molecule has 0 fully saturated rings. The fourth-order valence-corrected chi connectivity index (χ4v) is 1.54. The zero-order chi connectivity index (χ0) is 12.8. The van der Waals surface area contributed by atoms with Crippen molar-refractivity contribution in [3.8, 4) is 11.8 Å². The first-order chi connectivity index (χ1) is 8.00.